The summed E-state index contributed by atoms with van der Waals surface area (Å²) in [6.07, 6.45) is 0.784. The second-order valence-electron chi connectivity index (χ2n) is 2.61. The fourth-order valence-corrected chi connectivity index (χ4v) is 2.23. The predicted molar refractivity (Wildman–Crippen MR) is 53.9 cm³/mol. The van der Waals surface area contributed by atoms with Gasteiger partial charge in [-0.3, -0.25) is 4.79 Å². The molecule has 0 aliphatic carbocycles. The normalized spacial score (nSPS) is 10.5. The van der Waals surface area contributed by atoms with Gasteiger partial charge in [-0.15, -0.1) is 11.3 Å². The van der Waals surface area contributed by atoms with E-state index in [-0.39, 0.29) is 10.8 Å². The molecule has 0 aliphatic heterocycles. The van der Waals surface area contributed by atoms with Crippen molar-refractivity contribution in [2.75, 3.05) is 0 Å². The van der Waals surface area contributed by atoms with Crippen LogP contribution in [0.5, 0.6) is 5.75 Å². The van der Waals surface area contributed by atoms with E-state index in [0.717, 1.165) is 16.4 Å². The minimum absolute atomic E-state index is 0.0495. The molecule has 4 heteroatoms. The van der Waals surface area contributed by atoms with Crippen molar-refractivity contribution in [3.8, 4) is 5.75 Å². The van der Waals surface area contributed by atoms with E-state index in [1.165, 1.54) is 11.3 Å². The summed E-state index contributed by atoms with van der Waals surface area (Å²) < 4.78 is 0.865. The van der Waals surface area contributed by atoms with Gasteiger partial charge in [-0.25, -0.2) is 0 Å². The molecule has 0 radical (unpaired) electrons. The molecule has 13 heavy (non-hydrogen) atoms. The van der Waals surface area contributed by atoms with Gasteiger partial charge in [0, 0.05) is 21.0 Å². The van der Waals surface area contributed by atoms with E-state index in [9.17, 15) is 9.90 Å². The number of fused-ring (bicyclic) bond motifs is 1. The Kier molecular flexibility index (Phi) is 1.98. The highest BCUT2D eigenvalue weighted by Crippen LogP contribution is 2.33. The standard InChI is InChI=1S/C9H5ClO2S/c10-7-1-6-5(3-11)4-13-9(6)2-8(7)12/h1-4,12H. The molecule has 0 amide bonds. The lowest BCUT2D eigenvalue weighted by Crippen LogP contribution is -1.75. The van der Waals surface area contributed by atoms with Crippen molar-refractivity contribution in [1.29, 1.82) is 0 Å². The number of aromatic hydroxyl groups is 1. The van der Waals surface area contributed by atoms with Crippen LogP contribution in [0, 0.1) is 0 Å². The number of carbonyl (C=O) groups is 1. The molecule has 1 aromatic carbocycles. The van der Waals surface area contributed by atoms with Gasteiger partial charge in [-0.2, -0.15) is 0 Å². The van der Waals surface area contributed by atoms with E-state index in [4.69, 9.17) is 11.6 Å². The maximum atomic E-state index is 10.6. The average molecular weight is 213 g/mol. The molecule has 0 fully saturated rings. The zero-order valence-electron chi connectivity index (χ0n) is 6.45. The Bertz CT molecular complexity index is 476. The molecule has 2 rings (SSSR count). The molecule has 0 bridgehead atoms. The van der Waals surface area contributed by atoms with Crippen LogP contribution in [0.4, 0.5) is 0 Å². The molecule has 66 valence electrons. The minimum Gasteiger partial charge on any atom is -0.506 e. The van der Waals surface area contributed by atoms with E-state index in [2.05, 4.69) is 0 Å². The summed E-state index contributed by atoms with van der Waals surface area (Å²) in [5.74, 6) is 0.0495. The molecule has 1 heterocycles. The Balaban J connectivity index is 2.84. The largest absolute Gasteiger partial charge is 0.506 e. The number of aldehydes is 1. The number of hydrogen-bond acceptors (Lipinski definition) is 3. The molecular weight excluding hydrogens is 208 g/mol. The van der Waals surface area contributed by atoms with Crippen molar-refractivity contribution in [3.63, 3.8) is 0 Å². The summed E-state index contributed by atoms with van der Waals surface area (Å²) in [6, 6.07) is 3.17. The Hall–Kier alpha value is -1.06. The molecule has 0 aliphatic rings. The molecule has 1 aromatic heterocycles. The van der Waals surface area contributed by atoms with Gasteiger partial charge in [0.2, 0.25) is 0 Å². The number of phenols is 1. The topological polar surface area (TPSA) is 37.3 Å². The van der Waals surface area contributed by atoms with Gasteiger partial charge in [0.15, 0.2) is 6.29 Å². The fourth-order valence-electron chi connectivity index (χ4n) is 1.15. The number of rotatable bonds is 1. The highest BCUT2D eigenvalue weighted by atomic mass is 35.5. The van der Waals surface area contributed by atoms with Gasteiger partial charge < -0.3 is 5.11 Å². The van der Waals surface area contributed by atoms with E-state index in [0.29, 0.717) is 5.56 Å². The third kappa shape index (κ3) is 1.30. The van der Waals surface area contributed by atoms with Crippen molar-refractivity contribution in [1.82, 2.24) is 0 Å². The van der Waals surface area contributed by atoms with Crippen LogP contribution in [0.25, 0.3) is 10.1 Å². The van der Waals surface area contributed by atoms with Gasteiger partial charge in [-0.1, -0.05) is 11.6 Å². The summed E-state index contributed by atoms with van der Waals surface area (Å²) in [7, 11) is 0. The predicted octanol–water partition coefficient (Wildman–Crippen LogP) is 3.07. The number of phenolic OH excluding ortho intramolecular Hbond substituents is 1. The van der Waals surface area contributed by atoms with Gasteiger partial charge in [0.25, 0.3) is 0 Å². The lowest BCUT2D eigenvalue weighted by atomic mass is 10.2. The van der Waals surface area contributed by atoms with Crippen LogP contribution in [0.3, 0.4) is 0 Å². The van der Waals surface area contributed by atoms with Crippen LogP contribution in [0.2, 0.25) is 5.02 Å². The van der Waals surface area contributed by atoms with Crippen molar-refractivity contribution >= 4 is 39.3 Å². The van der Waals surface area contributed by atoms with Crippen LogP contribution in [-0.2, 0) is 0 Å². The molecule has 0 unspecified atom stereocenters. The molecule has 2 nitrogen and oxygen atoms in total. The van der Waals surface area contributed by atoms with Crippen LogP contribution in [0.15, 0.2) is 17.5 Å². The molecule has 1 N–H and O–H groups in total. The smallest absolute Gasteiger partial charge is 0.151 e. The van der Waals surface area contributed by atoms with Gasteiger partial charge >= 0.3 is 0 Å². The summed E-state index contributed by atoms with van der Waals surface area (Å²) >= 11 is 7.12. The highest BCUT2D eigenvalue weighted by Gasteiger charge is 2.06. The number of thiophene rings is 1. The van der Waals surface area contributed by atoms with Crippen molar-refractivity contribution in [2.24, 2.45) is 0 Å². The van der Waals surface area contributed by atoms with Crippen LogP contribution >= 0.6 is 22.9 Å². The first-order valence-corrected chi connectivity index (χ1v) is 4.83. The number of halogens is 1. The Morgan fingerprint density at radius 1 is 1.46 bits per heavy atom. The maximum absolute atomic E-state index is 10.6. The Labute approximate surface area is 83.4 Å². The van der Waals surface area contributed by atoms with E-state index in [1.54, 1.807) is 17.5 Å². The van der Waals surface area contributed by atoms with Gasteiger partial charge in [0.05, 0.1) is 5.02 Å². The maximum Gasteiger partial charge on any atom is 0.151 e. The van der Waals surface area contributed by atoms with Crippen LogP contribution in [-0.4, -0.2) is 11.4 Å². The molecule has 2 aromatic rings. The lowest BCUT2D eigenvalue weighted by Gasteiger charge is -1.96. The van der Waals surface area contributed by atoms with Crippen molar-refractivity contribution < 1.29 is 9.90 Å². The number of benzene rings is 1. The summed E-state index contributed by atoms with van der Waals surface area (Å²) in [5, 5.41) is 12.1. The van der Waals surface area contributed by atoms with E-state index >= 15 is 0 Å². The van der Waals surface area contributed by atoms with E-state index < -0.39 is 0 Å². The zero-order chi connectivity index (χ0) is 9.42. The Morgan fingerprint density at radius 2 is 2.23 bits per heavy atom. The quantitative estimate of drug-likeness (QED) is 0.738. The fraction of sp³-hybridized carbons (Fsp3) is 0. The minimum atomic E-state index is 0.0495. The molecular formula is C9H5ClO2S. The van der Waals surface area contributed by atoms with Crippen LogP contribution < -0.4 is 0 Å². The summed E-state index contributed by atoms with van der Waals surface area (Å²) in [6.45, 7) is 0. The lowest BCUT2D eigenvalue weighted by molar-refractivity contribution is 0.112. The summed E-state index contributed by atoms with van der Waals surface area (Å²) in [5.41, 5.74) is 0.613. The first kappa shape index (κ1) is 8.53. The number of carbonyl (C=O) groups excluding carboxylic acids is 1. The highest BCUT2D eigenvalue weighted by molar-refractivity contribution is 7.17. The van der Waals surface area contributed by atoms with Crippen molar-refractivity contribution in [3.05, 3.63) is 28.1 Å². The molecule has 0 atom stereocenters. The Morgan fingerprint density at radius 3 is 2.92 bits per heavy atom. The number of hydrogen-bond donors (Lipinski definition) is 1. The SMILES string of the molecule is O=Cc1csc2cc(O)c(Cl)cc12. The monoisotopic (exact) mass is 212 g/mol. The third-order valence-corrected chi connectivity index (χ3v) is 3.07. The molecule has 0 saturated heterocycles. The van der Waals surface area contributed by atoms with Gasteiger partial charge in [0.1, 0.15) is 5.75 Å². The first-order chi connectivity index (χ1) is 6.22. The average Bonchev–Trinajstić information content (AvgIpc) is 2.48. The van der Waals surface area contributed by atoms with E-state index in [1.807, 2.05) is 0 Å². The van der Waals surface area contributed by atoms with Crippen molar-refractivity contribution in [2.45, 2.75) is 0 Å². The van der Waals surface area contributed by atoms with Crippen LogP contribution in [0.1, 0.15) is 10.4 Å². The second kappa shape index (κ2) is 3.01. The first-order valence-electron chi connectivity index (χ1n) is 3.57. The zero-order valence-corrected chi connectivity index (χ0v) is 8.02. The third-order valence-electron chi connectivity index (χ3n) is 1.80. The summed E-state index contributed by atoms with van der Waals surface area (Å²) in [4.78, 5) is 10.6. The second-order valence-corrected chi connectivity index (χ2v) is 3.93. The van der Waals surface area contributed by atoms with Gasteiger partial charge in [-0.05, 0) is 12.1 Å². The molecule has 0 saturated carbocycles. The molecule has 0 spiro atoms.